The van der Waals surface area contributed by atoms with Gasteiger partial charge < -0.3 is 5.73 Å². The largest absolute Gasteiger partial charge is 0.367 e. The van der Waals surface area contributed by atoms with Crippen molar-refractivity contribution in [2.75, 3.05) is 17.6 Å². The highest BCUT2D eigenvalue weighted by Gasteiger charge is 2.24. The minimum atomic E-state index is 0.295. The van der Waals surface area contributed by atoms with Crippen molar-refractivity contribution in [3.8, 4) is 0 Å². The van der Waals surface area contributed by atoms with Crippen molar-refractivity contribution in [2.45, 2.75) is 13.3 Å². The first-order chi connectivity index (χ1) is 12.6. The summed E-state index contributed by atoms with van der Waals surface area (Å²) in [6.07, 6.45) is 2.46. The van der Waals surface area contributed by atoms with Crippen LogP contribution in [0, 0.1) is 6.92 Å². The third-order valence-electron chi connectivity index (χ3n) is 3.76. The summed E-state index contributed by atoms with van der Waals surface area (Å²) in [6.45, 7) is 2.73. The number of hydrazine groups is 1. The van der Waals surface area contributed by atoms with E-state index in [4.69, 9.17) is 17.3 Å². The molecule has 0 aliphatic carbocycles. The van der Waals surface area contributed by atoms with Crippen LogP contribution in [0.2, 0.25) is 5.02 Å². The number of nitrogens with one attached hydrogen (secondary N) is 1. The van der Waals surface area contributed by atoms with Gasteiger partial charge in [-0.25, -0.2) is 5.01 Å². The fraction of sp³-hybridized carbons (Fsp3) is 0.222. The van der Waals surface area contributed by atoms with E-state index in [1.54, 1.807) is 18.2 Å². The van der Waals surface area contributed by atoms with Crippen molar-refractivity contribution in [2.24, 2.45) is 15.9 Å². The Hall–Kier alpha value is -2.06. The Balaban J connectivity index is 1.72. The predicted molar refractivity (Wildman–Crippen MR) is 111 cm³/mol. The van der Waals surface area contributed by atoms with Crippen molar-refractivity contribution < 1.29 is 0 Å². The van der Waals surface area contributed by atoms with E-state index in [1.165, 1.54) is 11.1 Å². The van der Waals surface area contributed by atoms with E-state index in [9.17, 15) is 0 Å². The van der Waals surface area contributed by atoms with Gasteiger partial charge in [0, 0.05) is 17.7 Å². The summed E-state index contributed by atoms with van der Waals surface area (Å²) in [7, 11) is 0. The summed E-state index contributed by atoms with van der Waals surface area (Å²) in [4.78, 5) is 0. The molecule has 0 aromatic heterocycles. The van der Waals surface area contributed by atoms with Crippen LogP contribution in [0.3, 0.4) is 0 Å². The molecule has 1 heterocycles. The minimum absolute atomic E-state index is 0.295. The van der Waals surface area contributed by atoms with Gasteiger partial charge in [-0.15, -0.1) is 9.52 Å². The van der Waals surface area contributed by atoms with Crippen LogP contribution >= 0.6 is 23.5 Å². The van der Waals surface area contributed by atoms with E-state index >= 15 is 0 Å². The molecule has 1 saturated heterocycles. The Bertz CT molecular complexity index is 769. The highest BCUT2D eigenvalue weighted by Crippen LogP contribution is 2.25. The Morgan fingerprint density at radius 1 is 1.27 bits per heavy atom. The Morgan fingerprint density at radius 3 is 2.65 bits per heavy atom. The van der Waals surface area contributed by atoms with Crippen LogP contribution in [-0.4, -0.2) is 29.1 Å². The molecule has 1 aliphatic rings. The smallest absolute Gasteiger partial charge is 0.236 e. The van der Waals surface area contributed by atoms with Crippen LogP contribution < -0.4 is 16.1 Å². The van der Waals surface area contributed by atoms with Gasteiger partial charge in [0.2, 0.25) is 5.96 Å². The maximum Gasteiger partial charge on any atom is 0.236 e. The van der Waals surface area contributed by atoms with E-state index < -0.39 is 0 Å². The maximum atomic E-state index is 6.21. The number of hydrogen-bond donors (Lipinski definition) is 2. The second-order valence-electron chi connectivity index (χ2n) is 5.77. The lowest BCUT2D eigenvalue weighted by Crippen LogP contribution is -2.47. The fourth-order valence-electron chi connectivity index (χ4n) is 2.41. The lowest BCUT2D eigenvalue weighted by molar-refractivity contribution is 0.488. The zero-order chi connectivity index (χ0) is 18.4. The molecule has 3 rings (SSSR count). The molecule has 2 aromatic rings. The van der Waals surface area contributed by atoms with Crippen molar-refractivity contribution in [3.05, 3.63) is 64.7 Å². The molecule has 1 aliphatic heterocycles. The number of anilines is 1. The summed E-state index contributed by atoms with van der Waals surface area (Å²) >= 11 is 7.61. The third kappa shape index (κ3) is 4.98. The van der Waals surface area contributed by atoms with E-state index in [2.05, 4.69) is 46.7 Å². The monoisotopic (exact) mass is 388 g/mol. The summed E-state index contributed by atoms with van der Waals surface area (Å²) in [5.41, 5.74) is 9.51. The first-order valence-electron chi connectivity index (χ1n) is 8.21. The molecule has 0 unspecified atom stereocenters. The summed E-state index contributed by atoms with van der Waals surface area (Å²) in [5, 5.41) is 14.1. The van der Waals surface area contributed by atoms with Crippen LogP contribution in [-0.2, 0) is 6.42 Å². The van der Waals surface area contributed by atoms with Gasteiger partial charge in [0.05, 0.1) is 18.2 Å². The maximum absolute atomic E-state index is 6.21. The number of guanidine groups is 1. The molecule has 3 N–H and O–H groups in total. The molecule has 0 radical (unpaired) electrons. The van der Waals surface area contributed by atoms with Gasteiger partial charge in [0.25, 0.3) is 0 Å². The first-order valence-corrected chi connectivity index (χ1v) is 9.53. The molecule has 1 fully saturated rings. The van der Waals surface area contributed by atoms with Crippen LogP contribution in [0.1, 0.15) is 11.1 Å². The van der Waals surface area contributed by atoms with Gasteiger partial charge in [0.1, 0.15) is 0 Å². The molecular weight excluding hydrogens is 368 g/mol. The number of aryl methyl sites for hydroxylation is 1. The van der Waals surface area contributed by atoms with E-state index in [0.717, 1.165) is 11.6 Å². The number of benzene rings is 2. The summed E-state index contributed by atoms with van der Waals surface area (Å²) in [6, 6.07) is 15.8. The number of hydrogen-bond acceptors (Lipinski definition) is 5. The number of rotatable bonds is 5. The number of nitrogens with two attached hydrogens (primary N) is 1. The molecule has 2 aromatic carbocycles. The average Bonchev–Trinajstić information content (AvgIpc) is 3.16. The normalized spacial score (nSPS) is 15.7. The van der Waals surface area contributed by atoms with Crippen molar-refractivity contribution in [3.63, 3.8) is 0 Å². The van der Waals surface area contributed by atoms with Crippen LogP contribution in [0.25, 0.3) is 0 Å². The Labute approximate surface area is 162 Å². The van der Waals surface area contributed by atoms with Gasteiger partial charge in [0.15, 0.2) is 0 Å². The average molecular weight is 389 g/mol. The summed E-state index contributed by atoms with van der Waals surface area (Å²) in [5.74, 6) is 1.11. The molecule has 136 valence electrons. The lowest BCUT2D eigenvalue weighted by atomic mass is 10.1. The minimum Gasteiger partial charge on any atom is -0.367 e. The number of nitrogens with zero attached hydrogens (tertiary/aromatic N) is 4. The van der Waals surface area contributed by atoms with Crippen LogP contribution in [0.4, 0.5) is 5.69 Å². The van der Waals surface area contributed by atoms with E-state index in [-0.39, 0.29) is 0 Å². The highest BCUT2D eigenvalue weighted by molar-refractivity contribution is 7.97. The van der Waals surface area contributed by atoms with Gasteiger partial charge in [-0.3, -0.25) is 5.32 Å². The fourth-order valence-corrected chi connectivity index (χ4v) is 3.34. The zero-order valence-corrected chi connectivity index (χ0v) is 16.0. The SMILES string of the molecule is Cc1ccc(C/C=N/N=C(\N)N(c2ccc(Cl)cc2)N2CNCS2)cc1. The van der Waals surface area contributed by atoms with E-state index in [0.29, 0.717) is 24.1 Å². The quantitative estimate of drug-likeness (QED) is 0.355. The van der Waals surface area contributed by atoms with Gasteiger partial charge in [-0.1, -0.05) is 41.4 Å². The zero-order valence-electron chi connectivity index (χ0n) is 14.5. The summed E-state index contributed by atoms with van der Waals surface area (Å²) < 4.78 is 2.00. The van der Waals surface area contributed by atoms with E-state index in [1.807, 2.05) is 33.7 Å². The molecule has 0 bridgehead atoms. The predicted octanol–water partition coefficient (Wildman–Crippen LogP) is 3.38. The molecular formula is C18H21ClN6S. The Kier molecular flexibility index (Phi) is 6.51. The molecule has 6 nitrogen and oxygen atoms in total. The van der Waals surface area contributed by atoms with Crippen molar-refractivity contribution in [1.29, 1.82) is 0 Å². The van der Waals surface area contributed by atoms with Crippen molar-refractivity contribution >= 4 is 41.4 Å². The van der Waals surface area contributed by atoms with Crippen molar-refractivity contribution in [1.82, 2.24) is 9.73 Å². The standard InChI is InChI=1S/C18H21ClN6S/c1-14-2-4-15(5-3-14)10-11-22-23-18(20)25(24-12-21-13-26-24)17-8-6-16(19)7-9-17/h2-9,11,21H,10,12-13H2,1H3,(H2,20,23)/b22-11+. The molecule has 0 amide bonds. The third-order valence-corrected chi connectivity index (χ3v) is 4.94. The molecule has 8 heteroatoms. The second kappa shape index (κ2) is 9.05. The topological polar surface area (TPSA) is 69.2 Å². The molecule has 0 atom stereocenters. The van der Waals surface area contributed by atoms with Crippen LogP contribution in [0.15, 0.2) is 58.7 Å². The first kappa shape index (κ1) is 18.7. The second-order valence-corrected chi connectivity index (χ2v) is 7.17. The van der Waals surface area contributed by atoms with Crippen LogP contribution in [0.5, 0.6) is 0 Å². The molecule has 0 saturated carbocycles. The van der Waals surface area contributed by atoms with Gasteiger partial charge in [-0.05, 0) is 48.7 Å². The van der Waals surface area contributed by atoms with Gasteiger partial charge in [-0.2, -0.15) is 5.10 Å². The van der Waals surface area contributed by atoms with Gasteiger partial charge >= 0.3 is 0 Å². The lowest BCUT2D eigenvalue weighted by Gasteiger charge is -2.29. The molecule has 0 spiro atoms. The highest BCUT2D eigenvalue weighted by atomic mass is 35.5. The Morgan fingerprint density at radius 2 is 2.00 bits per heavy atom. The molecule has 26 heavy (non-hydrogen) atoms. The number of halogens is 1.